The highest BCUT2D eigenvalue weighted by Gasteiger charge is 2.63. The first kappa shape index (κ1) is 23.0. The zero-order valence-electron chi connectivity index (χ0n) is 19.4. The van der Waals surface area contributed by atoms with Crippen molar-refractivity contribution < 1.29 is 24.1 Å². The van der Waals surface area contributed by atoms with Crippen molar-refractivity contribution >= 4 is 0 Å². The fourth-order valence-corrected chi connectivity index (χ4v) is 5.65. The van der Waals surface area contributed by atoms with Gasteiger partial charge in [-0.2, -0.15) is 0 Å². The lowest BCUT2D eigenvalue weighted by Crippen LogP contribution is -2.68. The summed E-state index contributed by atoms with van der Waals surface area (Å²) in [5.74, 6) is -1.84. The average Bonchev–Trinajstić information content (AvgIpc) is 2.88. The quantitative estimate of drug-likeness (QED) is 0.558. The monoisotopic (exact) mass is 452 g/mol. The van der Waals surface area contributed by atoms with Gasteiger partial charge in [0.25, 0.3) is 0 Å². The molecule has 2 aromatic carbocycles. The van der Waals surface area contributed by atoms with Crippen LogP contribution in [0.25, 0.3) is 0 Å². The first-order valence-corrected chi connectivity index (χ1v) is 12.6. The summed E-state index contributed by atoms with van der Waals surface area (Å²) in [6, 6.07) is 20.9. The largest absolute Gasteiger partial charge is 0.396 e. The van der Waals surface area contributed by atoms with Gasteiger partial charge in [-0.05, 0) is 56.1 Å². The van der Waals surface area contributed by atoms with Gasteiger partial charge in [0, 0.05) is 19.4 Å². The molecule has 3 saturated heterocycles. The van der Waals surface area contributed by atoms with Crippen molar-refractivity contribution in [3.63, 3.8) is 0 Å². The van der Waals surface area contributed by atoms with Crippen LogP contribution in [0.2, 0.25) is 0 Å². The number of hydrogen-bond donors (Lipinski definition) is 1. The maximum Gasteiger partial charge on any atom is 0.224 e. The van der Waals surface area contributed by atoms with E-state index in [-0.39, 0.29) is 24.9 Å². The molecule has 0 radical (unpaired) electrons. The number of hydrogen-bond acceptors (Lipinski definition) is 5. The minimum atomic E-state index is -0.929. The third kappa shape index (κ3) is 4.75. The van der Waals surface area contributed by atoms with Gasteiger partial charge in [0.15, 0.2) is 0 Å². The second kappa shape index (κ2) is 10.2. The fourth-order valence-electron chi connectivity index (χ4n) is 5.65. The Bertz CT molecular complexity index is 874. The Hall–Kier alpha value is -1.76. The van der Waals surface area contributed by atoms with Gasteiger partial charge in [-0.1, -0.05) is 60.7 Å². The highest BCUT2D eigenvalue weighted by molar-refractivity contribution is 5.20. The van der Waals surface area contributed by atoms with Crippen molar-refractivity contribution in [2.45, 2.75) is 87.7 Å². The van der Waals surface area contributed by atoms with Crippen molar-refractivity contribution in [3.8, 4) is 0 Å². The minimum Gasteiger partial charge on any atom is -0.396 e. The number of unbranched alkanes of at least 4 members (excludes halogenated alkanes) is 1. The molecule has 0 bridgehead atoms. The molecule has 0 unspecified atom stereocenters. The van der Waals surface area contributed by atoms with Crippen molar-refractivity contribution in [3.05, 3.63) is 71.8 Å². The highest BCUT2D eigenvalue weighted by Crippen LogP contribution is 2.54. The molecule has 33 heavy (non-hydrogen) atoms. The molecule has 2 spiro atoms. The Kier molecular flexibility index (Phi) is 7.14. The first-order chi connectivity index (χ1) is 16.2. The van der Waals surface area contributed by atoms with Gasteiger partial charge in [-0.15, -0.1) is 0 Å². The second-order valence-corrected chi connectivity index (χ2v) is 9.59. The number of benzene rings is 2. The first-order valence-electron chi connectivity index (χ1n) is 12.6. The number of aliphatic hydroxyl groups is 1. The molecule has 5 heteroatoms. The van der Waals surface area contributed by atoms with Crippen LogP contribution >= 0.6 is 0 Å². The lowest BCUT2D eigenvalue weighted by atomic mass is 9.84. The molecule has 3 fully saturated rings. The fraction of sp³-hybridized carbons (Fsp3) is 0.571. The van der Waals surface area contributed by atoms with E-state index >= 15 is 0 Å². The molecule has 0 amide bonds. The summed E-state index contributed by atoms with van der Waals surface area (Å²) < 4.78 is 27.2. The Morgan fingerprint density at radius 1 is 0.727 bits per heavy atom. The van der Waals surface area contributed by atoms with Crippen LogP contribution < -0.4 is 0 Å². The van der Waals surface area contributed by atoms with E-state index in [1.54, 1.807) is 0 Å². The van der Waals surface area contributed by atoms with Gasteiger partial charge >= 0.3 is 0 Å². The summed E-state index contributed by atoms with van der Waals surface area (Å²) in [7, 11) is 0. The van der Waals surface area contributed by atoms with E-state index in [0.29, 0.717) is 6.61 Å². The van der Waals surface area contributed by atoms with E-state index in [1.165, 1.54) is 11.1 Å². The lowest BCUT2D eigenvalue weighted by molar-refractivity contribution is -0.483. The Morgan fingerprint density at radius 3 is 1.91 bits per heavy atom. The van der Waals surface area contributed by atoms with Crippen LogP contribution in [0.5, 0.6) is 0 Å². The average molecular weight is 453 g/mol. The Labute approximate surface area is 197 Å². The molecular formula is C28H36O5. The van der Waals surface area contributed by atoms with Gasteiger partial charge < -0.3 is 24.1 Å². The molecule has 1 N–H and O–H groups in total. The highest BCUT2D eigenvalue weighted by atomic mass is 16.8. The number of aliphatic hydroxyl groups excluding tert-OH is 1. The van der Waals surface area contributed by atoms with Crippen molar-refractivity contribution in [1.29, 1.82) is 0 Å². The van der Waals surface area contributed by atoms with Crippen LogP contribution in [0, 0.1) is 0 Å². The molecule has 5 nitrogen and oxygen atoms in total. The molecule has 2 aromatic rings. The molecule has 5 atom stereocenters. The topological polar surface area (TPSA) is 57.2 Å². The van der Waals surface area contributed by atoms with Gasteiger partial charge in [0.1, 0.15) is 0 Å². The maximum absolute atomic E-state index is 9.22. The van der Waals surface area contributed by atoms with E-state index < -0.39 is 11.6 Å². The molecule has 5 rings (SSSR count). The van der Waals surface area contributed by atoms with E-state index in [0.717, 1.165) is 57.8 Å². The summed E-state index contributed by atoms with van der Waals surface area (Å²) in [6.07, 6.45) is 7.83. The molecular weight excluding hydrogens is 416 g/mol. The summed E-state index contributed by atoms with van der Waals surface area (Å²) in [4.78, 5) is 0. The van der Waals surface area contributed by atoms with Crippen molar-refractivity contribution in [2.24, 2.45) is 0 Å². The molecule has 0 aromatic heterocycles. The summed E-state index contributed by atoms with van der Waals surface area (Å²) in [5.41, 5.74) is 2.35. The van der Waals surface area contributed by atoms with Gasteiger partial charge in [0.2, 0.25) is 11.6 Å². The second-order valence-electron chi connectivity index (χ2n) is 9.59. The molecule has 3 aliphatic rings. The van der Waals surface area contributed by atoms with E-state index in [9.17, 15) is 5.11 Å². The summed E-state index contributed by atoms with van der Waals surface area (Å²) in [6.45, 7) is 0.700. The third-order valence-electron chi connectivity index (χ3n) is 7.33. The number of rotatable bonds is 6. The lowest BCUT2D eigenvalue weighted by Gasteiger charge is -2.58. The smallest absolute Gasteiger partial charge is 0.224 e. The third-order valence-corrected chi connectivity index (χ3v) is 7.33. The Morgan fingerprint density at radius 2 is 1.30 bits per heavy atom. The van der Waals surface area contributed by atoms with Crippen molar-refractivity contribution in [1.82, 2.24) is 0 Å². The SMILES string of the molecule is OCCCC[C@H]1CO[C@@]2(CCC[C@H](c3ccccc3)O2)[C@]2(CCC[C@H](c3ccccc3)O2)O1. The molecule has 0 saturated carbocycles. The molecule has 3 aliphatic heterocycles. The van der Waals surface area contributed by atoms with Gasteiger partial charge in [-0.25, -0.2) is 0 Å². The zero-order chi connectivity index (χ0) is 22.6. The van der Waals surface area contributed by atoms with E-state index in [2.05, 4.69) is 48.5 Å². The van der Waals surface area contributed by atoms with Crippen LogP contribution in [-0.4, -0.2) is 36.0 Å². The molecule has 178 valence electrons. The van der Waals surface area contributed by atoms with Crippen LogP contribution in [0.3, 0.4) is 0 Å². The summed E-state index contributed by atoms with van der Waals surface area (Å²) >= 11 is 0. The maximum atomic E-state index is 9.22. The predicted octanol–water partition coefficient (Wildman–Crippen LogP) is 5.84. The van der Waals surface area contributed by atoms with Crippen molar-refractivity contribution in [2.75, 3.05) is 13.2 Å². The van der Waals surface area contributed by atoms with E-state index in [4.69, 9.17) is 18.9 Å². The van der Waals surface area contributed by atoms with Crippen LogP contribution in [-0.2, 0) is 18.9 Å². The Balaban J connectivity index is 1.44. The van der Waals surface area contributed by atoms with Crippen LogP contribution in [0.1, 0.15) is 81.1 Å². The van der Waals surface area contributed by atoms with Crippen LogP contribution in [0.4, 0.5) is 0 Å². The minimum absolute atomic E-state index is 0.0351. The molecule has 3 heterocycles. The van der Waals surface area contributed by atoms with Gasteiger partial charge in [0.05, 0.1) is 24.9 Å². The van der Waals surface area contributed by atoms with E-state index in [1.807, 2.05) is 12.1 Å². The molecule has 0 aliphatic carbocycles. The number of fused-ring (bicyclic) bond motifs is 1. The normalized spacial score (nSPS) is 34.5. The zero-order valence-corrected chi connectivity index (χ0v) is 19.4. The van der Waals surface area contributed by atoms with Gasteiger partial charge in [-0.3, -0.25) is 0 Å². The standard InChI is InChI=1S/C28H36O5/c29-20-8-7-15-24-21-30-27(18-9-16-25(32-27)22-11-3-1-4-12-22)28(31-24)19-10-17-26(33-28)23-13-5-2-6-14-23/h1-6,11-14,24-26,29H,7-10,15-21H2/t24-,25+,26+,27+,28+/m0/s1. The predicted molar refractivity (Wildman–Crippen MR) is 125 cm³/mol. The number of ether oxygens (including phenoxy) is 4. The summed E-state index contributed by atoms with van der Waals surface area (Å²) in [5, 5.41) is 9.22. The van der Waals surface area contributed by atoms with Crippen LogP contribution in [0.15, 0.2) is 60.7 Å².